The molecule has 4 nitrogen and oxygen atoms in total. The monoisotopic (exact) mass is 295 g/mol. The van der Waals surface area contributed by atoms with Crippen LogP contribution in [0.2, 0.25) is 0 Å². The quantitative estimate of drug-likeness (QED) is 0.805. The summed E-state index contributed by atoms with van der Waals surface area (Å²) in [6.07, 6.45) is 3.62. The van der Waals surface area contributed by atoms with E-state index in [-0.39, 0.29) is 0 Å². The lowest BCUT2D eigenvalue weighted by Crippen LogP contribution is -2.32. The Morgan fingerprint density at radius 3 is 2.70 bits per heavy atom. The first-order valence-corrected chi connectivity index (χ1v) is 7.99. The second-order valence-corrected chi connectivity index (χ2v) is 6.30. The molecule has 1 aliphatic heterocycles. The average Bonchev–Trinajstić information content (AvgIpc) is 2.94. The number of carboxylic acids is 1. The maximum absolute atomic E-state index is 10.7. The topological polar surface area (TPSA) is 72.5 Å². The molecule has 1 heterocycles. The van der Waals surface area contributed by atoms with Crippen LogP contribution >= 0.6 is 11.8 Å². The Hall–Kier alpha value is -1.04. The lowest BCUT2D eigenvalue weighted by Gasteiger charge is -2.09. The molecule has 1 aromatic carbocycles. The molecule has 20 heavy (non-hydrogen) atoms. The van der Waals surface area contributed by atoms with E-state index in [2.05, 4.69) is 12.1 Å². The van der Waals surface area contributed by atoms with Crippen LogP contribution in [0.5, 0.6) is 0 Å². The van der Waals surface area contributed by atoms with Crippen LogP contribution in [0.3, 0.4) is 0 Å². The summed E-state index contributed by atoms with van der Waals surface area (Å²) < 4.78 is 5.57. The largest absolute Gasteiger partial charge is 0.480 e. The number of carbonyl (C=O) groups is 1. The SMILES string of the molecule is NC(Cc1ccc(CCCC2OCCS2)cc1)C(=O)O. The lowest BCUT2D eigenvalue weighted by molar-refractivity contribution is -0.138. The third kappa shape index (κ3) is 4.81. The lowest BCUT2D eigenvalue weighted by atomic mass is 10.0. The molecular weight excluding hydrogens is 274 g/mol. The van der Waals surface area contributed by atoms with Gasteiger partial charge >= 0.3 is 5.97 Å². The van der Waals surface area contributed by atoms with Gasteiger partial charge in [0.05, 0.1) is 6.61 Å². The fourth-order valence-corrected chi connectivity index (χ4v) is 3.21. The number of hydrogen-bond acceptors (Lipinski definition) is 4. The summed E-state index contributed by atoms with van der Waals surface area (Å²) in [6, 6.07) is 7.24. The van der Waals surface area contributed by atoms with Crippen molar-refractivity contribution in [2.75, 3.05) is 12.4 Å². The van der Waals surface area contributed by atoms with Gasteiger partial charge in [0, 0.05) is 5.75 Å². The zero-order chi connectivity index (χ0) is 14.4. The van der Waals surface area contributed by atoms with Crippen molar-refractivity contribution < 1.29 is 14.6 Å². The van der Waals surface area contributed by atoms with Crippen LogP contribution in [0.1, 0.15) is 24.0 Å². The van der Waals surface area contributed by atoms with Gasteiger partial charge in [0.25, 0.3) is 0 Å². The molecule has 110 valence electrons. The van der Waals surface area contributed by atoms with E-state index in [4.69, 9.17) is 15.6 Å². The number of hydrogen-bond donors (Lipinski definition) is 2. The Kier molecular flexibility index (Phi) is 5.88. The minimum Gasteiger partial charge on any atom is -0.480 e. The number of ether oxygens (including phenoxy) is 1. The maximum atomic E-state index is 10.7. The van der Waals surface area contributed by atoms with Gasteiger partial charge in [-0.2, -0.15) is 0 Å². The fraction of sp³-hybridized carbons (Fsp3) is 0.533. The number of aliphatic carboxylic acids is 1. The molecule has 2 atom stereocenters. The summed E-state index contributed by atoms with van der Waals surface area (Å²) in [5.74, 6) is 0.159. The van der Waals surface area contributed by atoms with Crippen LogP contribution in [-0.2, 0) is 22.4 Å². The third-order valence-electron chi connectivity index (χ3n) is 3.39. The second-order valence-electron chi connectivity index (χ2n) is 5.03. The first-order chi connectivity index (χ1) is 9.65. The minimum absolute atomic E-state index is 0.377. The smallest absolute Gasteiger partial charge is 0.320 e. The van der Waals surface area contributed by atoms with Crippen molar-refractivity contribution in [3.05, 3.63) is 35.4 Å². The molecule has 1 aliphatic rings. The van der Waals surface area contributed by atoms with E-state index in [1.165, 1.54) is 5.56 Å². The highest BCUT2D eigenvalue weighted by Gasteiger charge is 2.15. The van der Waals surface area contributed by atoms with Gasteiger partial charge in [-0.3, -0.25) is 4.79 Å². The number of thioether (sulfide) groups is 1. The van der Waals surface area contributed by atoms with Crippen molar-refractivity contribution >= 4 is 17.7 Å². The predicted molar refractivity (Wildman–Crippen MR) is 80.9 cm³/mol. The normalized spacial score (nSPS) is 19.9. The average molecular weight is 295 g/mol. The van der Waals surface area contributed by atoms with Crippen LogP contribution in [0.25, 0.3) is 0 Å². The van der Waals surface area contributed by atoms with E-state index in [1.807, 2.05) is 23.9 Å². The number of aryl methyl sites for hydroxylation is 1. The van der Waals surface area contributed by atoms with Crippen LogP contribution in [0, 0.1) is 0 Å². The fourth-order valence-electron chi connectivity index (χ4n) is 2.23. The predicted octanol–water partition coefficient (Wildman–Crippen LogP) is 2.05. The summed E-state index contributed by atoms with van der Waals surface area (Å²) in [4.78, 5) is 10.7. The molecule has 5 heteroatoms. The van der Waals surface area contributed by atoms with Crippen LogP contribution in [-0.4, -0.2) is 34.9 Å². The van der Waals surface area contributed by atoms with Gasteiger partial charge in [-0.25, -0.2) is 0 Å². The van der Waals surface area contributed by atoms with Gasteiger partial charge in [-0.15, -0.1) is 11.8 Å². The number of nitrogens with two attached hydrogens (primary N) is 1. The highest BCUT2D eigenvalue weighted by Crippen LogP contribution is 2.24. The third-order valence-corrected chi connectivity index (χ3v) is 4.54. The van der Waals surface area contributed by atoms with Gasteiger partial charge in [0.2, 0.25) is 0 Å². The van der Waals surface area contributed by atoms with E-state index >= 15 is 0 Å². The van der Waals surface area contributed by atoms with Gasteiger partial charge in [-0.1, -0.05) is 24.3 Å². The number of benzene rings is 1. The van der Waals surface area contributed by atoms with Crippen molar-refractivity contribution in [2.24, 2.45) is 5.73 Å². The van der Waals surface area contributed by atoms with Crippen molar-refractivity contribution in [1.82, 2.24) is 0 Å². The van der Waals surface area contributed by atoms with E-state index in [0.717, 1.165) is 37.2 Å². The van der Waals surface area contributed by atoms with Gasteiger partial charge in [0.1, 0.15) is 11.5 Å². The van der Waals surface area contributed by atoms with Crippen LogP contribution < -0.4 is 5.73 Å². The second kappa shape index (κ2) is 7.67. The standard InChI is InChI=1S/C15H21NO3S/c16-13(15(17)18)10-12-6-4-11(5-7-12)2-1-3-14-19-8-9-20-14/h4-7,13-14H,1-3,8-10,16H2,(H,17,18). The van der Waals surface area contributed by atoms with Gasteiger partial charge in [0.15, 0.2) is 0 Å². The van der Waals surface area contributed by atoms with Crippen molar-refractivity contribution in [3.8, 4) is 0 Å². The number of carboxylic acid groups (broad SMARTS) is 1. The molecule has 0 aliphatic carbocycles. The Morgan fingerprint density at radius 1 is 1.40 bits per heavy atom. The summed E-state index contributed by atoms with van der Waals surface area (Å²) in [6.45, 7) is 0.883. The van der Waals surface area contributed by atoms with Crippen molar-refractivity contribution in [2.45, 2.75) is 37.2 Å². The van der Waals surface area contributed by atoms with E-state index < -0.39 is 12.0 Å². The Morgan fingerprint density at radius 2 is 2.10 bits per heavy atom. The summed E-state index contributed by atoms with van der Waals surface area (Å²) in [7, 11) is 0. The van der Waals surface area contributed by atoms with E-state index in [9.17, 15) is 4.79 Å². The Labute approximate surface area is 123 Å². The molecule has 0 radical (unpaired) electrons. The number of rotatable bonds is 7. The molecule has 2 unspecified atom stereocenters. The zero-order valence-electron chi connectivity index (χ0n) is 11.5. The molecule has 1 aromatic rings. The minimum atomic E-state index is -0.955. The molecular formula is C15H21NO3S. The molecule has 1 fully saturated rings. The molecule has 0 amide bonds. The summed E-state index contributed by atoms with van der Waals surface area (Å²) >= 11 is 1.90. The van der Waals surface area contributed by atoms with E-state index in [0.29, 0.717) is 11.9 Å². The molecule has 0 bridgehead atoms. The molecule has 2 rings (SSSR count). The van der Waals surface area contributed by atoms with Crippen LogP contribution in [0.15, 0.2) is 24.3 Å². The zero-order valence-corrected chi connectivity index (χ0v) is 12.3. The van der Waals surface area contributed by atoms with Crippen LogP contribution in [0.4, 0.5) is 0 Å². The molecule has 3 N–H and O–H groups in total. The van der Waals surface area contributed by atoms with Gasteiger partial charge in [-0.05, 0) is 36.8 Å². The molecule has 1 saturated heterocycles. The molecule has 0 aromatic heterocycles. The molecule has 0 spiro atoms. The van der Waals surface area contributed by atoms with E-state index in [1.54, 1.807) is 0 Å². The summed E-state index contributed by atoms with van der Waals surface area (Å²) in [5.41, 5.74) is 8.15. The van der Waals surface area contributed by atoms with Crippen molar-refractivity contribution in [3.63, 3.8) is 0 Å². The van der Waals surface area contributed by atoms with Crippen molar-refractivity contribution in [1.29, 1.82) is 0 Å². The summed E-state index contributed by atoms with van der Waals surface area (Å²) in [5, 5.41) is 8.78. The Balaban J connectivity index is 1.74. The Bertz CT molecular complexity index is 429. The first-order valence-electron chi connectivity index (χ1n) is 6.94. The maximum Gasteiger partial charge on any atom is 0.320 e. The first kappa shape index (κ1) is 15.4. The van der Waals surface area contributed by atoms with Gasteiger partial charge < -0.3 is 15.6 Å². The highest BCUT2D eigenvalue weighted by atomic mass is 32.2. The molecule has 0 saturated carbocycles. The highest BCUT2D eigenvalue weighted by molar-refractivity contribution is 7.99.